The van der Waals surface area contributed by atoms with Crippen molar-refractivity contribution in [1.29, 1.82) is 0 Å². The maximum absolute atomic E-state index is 13.0. The second-order valence-electron chi connectivity index (χ2n) is 3.01. The van der Waals surface area contributed by atoms with E-state index in [2.05, 4.69) is 0 Å². The summed E-state index contributed by atoms with van der Waals surface area (Å²) in [6.45, 7) is 1.03. The van der Waals surface area contributed by atoms with Crippen LogP contribution in [0.3, 0.4) is 0 Å². The maximum Gasteiger partial charge on any atom is 0.202 e. The Hall–Kier alpha value is -1.36. The molecule has 0 aliphatic carbocycles. The second-order valence-corrected chi connectivity index (χ2v) is 3.01. The Bertz CT molecular complexity index is 432. The summed E-state index contributed by atoms with van der Waals surface area (Å²) in [4.78, 5) is 21.5. The summed E-state index contributed by atoms with van der Waals surface area (Å²) in [5.41, 5.74) is -0.325. The van der Waals surface area contributed by atoms with Crippen molar-refractivity contribution >= 4 is 24.0 Å². The van der Waals surface area contributed by atoms with Crippen molar-refractivity contribution in [3.8, 4) is 0 Å². The third-order valence-corrected chi connectivity index (χ3v) is 1.83. The molecule has 0 radical (unpaired) electrons. The molecule has 1 rings (SSSR count). The Morgan fingerprint density at radius 1 is 1.06 bits per heavy atom. The van der Waals surface area contributed by atoms with Crippen LogP contribution in [0, 0.1) is 17.5 Å². The number of hydrogen-bond acceptors (Lipinski definition) is 2. The van der Waals surface area contributed by atoms with Gasteiger partial charge in [0.25, 0.3) is 0 Å². The van der Waals surface area contributed by atoms with Gasteiger partial charge in [-0.2, -0.15) is 0 Å². The summed E-state index contributed by atoms with van der Waals surface area (Å²) in [6.07, 6.45) is -0.557. The molecule has 1 aromatic rings. The Labute approximate surface area is 95.9 Å². The molecule has 1 aromatic carbocycles. The maximum atomic E-state index is 13.0. The third-order valence-electron chi connectivity index (χ3n) is 1.83. The van der Waals surface area contributed by atoms with Gasteiger partial charge in [-0.3, -0.25) is 9.59 Å². The highest BCUT2D eigenvalue weighted by Crippen LogP contribution is 2.14. The fraction of sp³-hybridized carbons (Fsp3) is 0.200. The molecule has 0 saturated carbocycles. The van der Waals surface area contributed by atoms with Crippen LogP contribution in [0.1, 0.15) is 12.5 Å². The van der Waals surface area contributed by atoms with E-state index >= 15 is 0 Å². The Morgan fingerprint density at radius 2 is 1.56 bits per heavy atom. The zero-order valence-corrected chi connectivity index (χ0v) is 9.04. The lowest BCUT2D eigenvalue weighted by atomic mass is 10.1. The highest BCUT2D eigenvalue weighted by molar-refractivity contribution is 6.36. The van der Waals surface area contributed by atoms with E-state index in [0.717, 1.165) is 6.92 Å². The van der Waals surface area contributed by atoms with Crippen LogP contribution in [0.5, 0.6) is 0 Å². The van der Waals surface area contributed by atoms with Crippen LogP contribution in [0.15, 0.2) is 12.1 Å². The van der Waals surface area contributed by atoms with Crippen LogP contribution < -0.4 is 0 Å². The van der Waals surface area contributed by atoms with Gasteiger partial charge < -0.3 is 0 Å². The van der Waals surface area contributed by atoms with Crippen molar-refractivity contribution in [2.24, 2.45) is 0 Å². The van der Waals surface area contributed by atoms with Crippen LogP contribution in [-0.4, -0.2) is 11.6 Å². The first-order chi connectivity index (χ1) is 6.91. The van der Waals surface area contributed by atoms with Crippen molar-refractivity contribution in [1.82, 2.24) is 0 Å². The molecule has 88 valence electrons. The van der Waals surface area contributed by atoms with Crippen LogP contribution >= 0.6 is 12.4 Å². The van der Waals surface area contributed by atoms with Gasteiger partial charge in [0.15, 0.2) is 17.4 Å². The number of rotatable bonds is 3. The number of ketones is 2. The van der Waals surface area contributed by atoms with Crippen LogP contribution in [0.2, 0.25) is 0 Å². The van der Waals surface area contributed by atoms with Crippen LogP contribution in [0.4, 0.5) is 13.2 Å². The number of benzene rings is 1. The molecule has 0 atom stereocenters. The molecule has 0 spiro atoms. The topological polar surface area (TPSA) is 34.1 Å². The minimum Gasteiger partial charge on any atom is -0.291 e. The monoisotopic (exact) mass is 252 g/mol. The normalized spacial score (nSPS) is 9.50. The van der Waals surface area contributed by atoms with Gasteiger partial charge in [0.2, 0.25) is 5.78 Å². The lowest BCUT2D eigenvalue weighted by Crippen LogP contribution is -2.13. The second kappa shape index (κ2) is 5.65. The summed E-state index contributed by atoms with van der Waals surface area (Å²) >= 11 is 0. The van der Waals surface area contributed by atoms with E-state index in [4.69, 9.17) is 0 Å². The zero-order chi connectivity index (χ0) is 11.6. The predicted octanol–water partition coefficient (Wildman–Crippen LogP) is 2.23. The molecule has 0 unspecified atom stereocenters. The number of carbonyl (C=O) groups is 2. The first-order valence-electron chi connectivity index (χ1n) is 4.09. The van der Waals surface area contributed by atoms with E-state index < -0.39 is 35.4 Å². The number of hydrogen-bond donors (Lipinski definition) is 0. The van der Waals surface area contributed by atoms with Crippen molar-refractivity contribution in [3.05, 3.63) is 35.1 Å². The molecule has 16 heavy (non-hydrogen) atoms. The van der Waals surface area contributed by atoms with Crippen molar-refractivity contribution in [3.63, 3.8) is 0 Å². The molecule has 0 fully saturated rings. The average molecular weight is 253 g/mol. The van der Waals surface area contributed by atoms with Gasteiger partial charge >= 0.3 is 0 Å². The number of Topliss-reactive ketones (excluding diaryl/α,β-unsaturated/α-hetero) is 2. The fourth-order valence-corrected chi connectivity index (χ4v) is 0.997. The predicted molar refractivity (Wildman–Crippen MR) is 53.0 cm³/mol. The zero-order valence-electron chi connectivity index (χ0n) is 8.22. The van der Waals surface area contributed by atoms with Gasteiger partial charge in [0, 0.05) is 19.4 Å². The third kappa shape index (κ3) is 3.34. The van der Waals surface area contributed by atoms with Gasteiger partial charge in [0.05, 0.1) is 0 Å². The van der Waals surface area contributed by atoms with E-state index in [1.165, 1.54) is 0 Å². The molecule has 0 N–H and O–H groups in total. The van der Waals surface area contributed by atoms with E-state index in [0.29, 0.717) is 12.1 Å². The first-order valence-corrected chi connectivity index (χ1v) is 4.09. The van der Waals surface area contributed by atoms with E-state index in [1.54, 1.807) is 0 Å². The smallest absolute Gasteiger partial charge is 0.202 e. The Morgan fingerprint density at radius 3 is 2.06 bits per heavy atom. The van der Waals surface area contributed by atoms with Crippen LogP contribution in [0.25, 0.3) is 0 Å². The summed E-state index contributed by atoms with van der Waals surface area (Å²) in [5, 5.41) is 0. The number of carbonyl (C=O) groups excluding carboxylic acids is 2. The summed E-state index contributed by atoms with van der Waals surface area (Å²) < 4.78 is 38.1. The Kier molecular flexibility index (Phi) is 5.17. The number of halogens is 4. The molecule has 6 heteroatoms. The molecular formula is C10H8ClF3O2. The molecule has 2 nitrogen and oxygen atoms in total. The minimum absolute atomic E-state index is 0. The molecular weight excluding hydrogens is 245 g/mol. The first kappa shape index (κ1) is 14.6. The van der Waals surface area contributed by atoms with Crippen LogP contribution in [-0.2, 0) is 16.0 Å². The SMILES string of the molecule is CC(=O)C(=O)Cc1cc(F)c(F)cc1F.Cl. The van der Waals surface area contributed by atoms with Gasteiger partial charge in [0.1, 0.15) is 5.82 Å². The van der Waals surface area contributed by atoms with E-state index in [1.807, 2.05) is 0 Å². The van der Waals surface area contributed by atoms with E-state index in [9.17, 15) is 22.8 Å². The lowest BCUT2D eigenvalue weighted by Gasteiger charge is -2.01. The standard InChI is InChI=1S/C10H7F3O2.ClH/c1-5(14)10(15)3-6-2-8(12)9(13)4-7(6)11;/h2,4H,3H2,1H3;1H. The summed E-state index contributed by atoms with van der Waals surface area (Å²) in [7, 11) is 0. The Balaban J connectivity index is 0.00000225. The summed E-state index contributed by atoms with van der Waals surface area (Å²) in [5.74, 6) is -5.21. The quantitative estimate of drug-likeness (QED) is 0.611. The molecule has 0 amide bonds. The molecule has 0 aliphatic rings. The summed E-state index contributed by atoms with van der Waals surface area (Å²) in [6, 6.07) is 0.920. The molecule has 0 aliphatic heterocycles. The highest BCUT2D eigenvalue weighted by atomic mass is 35.5. The highest BCUT2D eigenvalue weighted by Gasteiger charge is 2.15. The average Bonchev–Trinajstić information content (AvgIpc) is 2.13. The van der Waals surface area contributed by atoms with Gasteiger partial charge in [-0.1, -0.05) is 0 Å². The van der Waals surface area contributed by atoms with E-state index in [-0.39, 0.29) is 18.0 Å². The van der Waals surface area contributed by atoms with Crippen molar-refractivity contribution in [2.45, 2.75) is 13.3 Å². The lowest BCUT2D eigenvalue weighted by molar-refractivity contribution is -0.134. The van der Waals surface area contributed by atoms with Gasteiger partial charge in [-0.25, -0.2) is 13.2 Å². The van der Waals surface area contributed by atoms with Crippen molar-refractivity contribution < 1.29 is 22.8 Å². The molecule has 0 bridgehead atoms. The fourth-order valence-electron chi connectivity index (χ4n) is 0.997. The largest absolute Gasteiger partial charge is 0.291 e. The molecule has 0 heterocycles. The van der Waals surface area contributed by atoms with Crippen molar-refractivity contribution in [2.75, 3.05) is 0 Å². The van der Waals surface area contributed by atoms with Gasteiger partial charge in [-0.05, 0) is 11.6 Å². The van der Waals surface area contributed by atoms with Gasteiger partial charge in [-0.15, -0.1) is 12.4 Å². The molecule has 0 saturated heterocycles. The minimum atomic E-state index is -1.33. The molecule has 0 aromatic heterocycles.